The average molecular weight is 362 g/mol. The van der Waals surface area contributed by atoms with E-state index in [0.717, 1.165) is 15.8 Å². The third-order valence-electron chi connectivity index (χ3n) is 3.55. The Kier molecular flexibility index (Phi) is 3.66. The fraction of sp³-hybridized carbons (Fsp3) is 0.125. The van der Waals surface area contributed by atoms with Crippen molar-refractivity contribution in [3.05, 3.63) is 40.9 Å². The summed E-state index contributed by atoms with van der Waals surface area (Å²) in [7, 11) is 0. The van der Waals surface area contributed by atoms with Crippen LogP contribution >= 0.6 is 22.9 Å². The van der Waals surface area contributed by atoms with Gasteiger partial charge in [-0.3, -0.25) is 5.32 Å². The summed E-state index contributed by atoms with van der Waals surface area (Å²) in [5, 5.41) is 6.58. The third-order valence-corrected chi connectivity index (χ3v) is 4.98. The molecule has 2 heterocycles. The predicted octanol–water partition coefficient (Wildman–Crippen LogP) is 4.63. The van der Waals surface area contributed by atoms with Crippen molar-refractivity contribution < 1.29 is 14.3 Å². The van der Waals surface area contributed by atoms with Crippen LogP contribution in [0, 0.1) is 6.92 Å². The average Bonchev–Trinajstić information content (AvgIpc) is 3.17. The second-order valence-electron chi connectivity index (χ2n) is 5.21. The Bertz CT molecular complexity index is 918. The minimum atomic E-state index is -0.387. The van der Waals surface area contributed by atoms with Crippen molar-refractivity contribution in [2.75, 3.05) is 17.4 Å². The molecule has 1 aromatic heterocycles. The van der Waals surface area contributed by atoms with Crippen molar-refractivity contribution in [1.29, 1.82) is 0 Å². The van der Waals surface area contributed by atoms with Crippen LogP contribution in [-0.4, -0.2) is 17.8 Å². The Balaban J connectivity index is 1.52. The van der Waals surface area contributed by atoms with Crippen LogP contribution in [0.2, 0.25) is 5.02 Å². The summed E-state index contributed by atoms with van der Waals surface area (Å²) in [5.74, 6) is 1.27. The topological polar surface area (TPSA) is 72.5 Å². The number of carbonyl (C=O) groups is 1. The molecule has 4 rings (SSSR count). The van der Waals surface area contributed by atoms with Crippen LogP contribution in [0.3, 0.4) is 0 Å². The summed E-state index contributed by atoms with van der Waals surface area (Å²) in [6.45, 7) is 2.14. The Morgan fingerprint density at radius 1 is 1.21 bits per heavy atom. The molecule has 8 heteroatoms. The van der Waals surface area contributed by atoms with Gasteiger partial charge in [0.25, 0.3) is 0 Å². The van der Waals surface area contributed by atoms with Crippen molar-refractivity contribution in [1.82, 2.24) is 4.98 Å². The van der Waals surface area contributed by atoms with E-state index < -0.39 is 0 Å². The van der Waals surface area contributed by atoms with Crippen LogP contribution in [0.5, 0.6) is 11.5 Å². The zero-order valence-corrected chi connectivity index (χ0v) is 14.1. The molecule has 3 aromatic rings. The van der Waals surface area contributed by atoms with E-state index in [1.54, 1.807) is 18.2 Å². The second kappa shape index (κ2) is 5.85. The van der Waals surface area contributed by atoms with Crippen molar-refractivity contribution in [3.8, 4) is 11.5 Å². The van der Waals surface area contributed by atoms with Gasteiger partial charge in [-0.05, 0) is 30.7 Å². The van der Waals surface area contributed by atoms with Gasteiger partial charge in [-0.15, -0.1) is 0 Å². The number of nitrogens with zero attached hydrogens (tertiary/aromatic N) is 1. The van der Waals surface area contributed by atoms with Gasteiger partial charge in [-0.2, -0.15) is 0 Å². The molecule has 24 heavy (non-hydrogen) atoms. The zero-order valence-electron chi connectivity index (χ0n) is 12.6. The first-order valence-electron chi connectivity index (χ1n) is 7.13. The number of benzene rings is 2. The number of rotatable bonds is 2. The molecule has 0 aliphatic carbocycles. The monoisotopic (exact) mass is 361 g/mol. The van der Waals surface area contributed by atoms with Gasteiger partial charge in [0, 0.05) is 11.8 Å². The Labute approximate surface area is 146 Å². The predicted molar refractivity (Wildman–Crippen MR) is 94.6 cm³/mol. The number of urea groups is 1. The fourth-order valence-corrected chi connectivity index (χ4v) is 3.60. The lowest BCUT2D eigenvalue weighted by Gasteiger charge is -2.06. The number of nitrogens with one attached hydrogen (secondary N) is 2. The fourth-order valence-electron chi connectivity index (χ4n) is 2.39. The molecule has 1 aliphatic heterocycles. The van der Waals surface area contributed by atoms with Gasteiger partial charge in [0.05, 0.1) is 15.2 Å². The van der Waals surface area contributed by atoms with E-state index in [9.17, 15) is 4.79 Å². The molecule has 0 saturated carbocycles. The molecule has 2 amide bonds. The molecule has 0 radical (unpaired) electrons. The summed E-state index contributed by atoms with van der Waals surface area (Å²) in [5.41, 5.74) is 2.41. The molecule has 0 spiro atoms. The van der Waals surface area contributed by atoms with E-state index in [1.807, 2.05) is 19.1 Å². The molecule has 0 fully saturated rings. The van der Waals surface area contributed by atoms with Crippen LogP contribution in [0.15, 0.2) is 30.3 Å². The van der Waals surface area contributed by atoms with E-state index >= 15 is 0 Å². The molecule has 0 unspecified atom stereocenters. The molecule has 0 atom stereocenters. The van der Waals surface area contributed by atoms with Gasteiger partial charge in [0.15, 0.2) is 16.6 Å². The van der Waals surface area contributed by atoms with E-state index in [0.29, 0.717) is 27.3 Å². The molecule has 122 valence electrons. The van der Waals surface area contributed by atoms with Gasteiger partial charge in [-0.25, -0.2) is 9.78 Å². The molecular formula is C16H12ClN3O3S. The number of anilines is 2. The SMILES string of the molecule is Cc1ccc(Cl)c2sc(NC(=O)Nc3ccc4c(c3)OCO4)nc12. The van der Waals surface area contributed by atoms with Crippen molar-refractivity contribution in [2.45, 2.75) is 6.92 Å². The van der Waals surface area contributed by atoms with E-state index in [1.165, 1.54) is 11.3 Å². The lowest BCUT2D eigenvalue weighted by atomic mass is 10.2. The van der Waals surface area contributed by atoms with Crippen molar-refractivity contribution >= 4 is 50.0 Å². The smallest absolute Gasteiger partial charge is 0.325 e. The van der Waals surface area contributed by atoms with Gasteiger partial charge in [-0.1, -0.05) is 29.0 Å². The molecular weight excluding hydrogens is 350 g/mol. The minimum absolute atomic E-state index is 0.191. The van der Waals surface area contributed by atoms with Crippen molar-refractivity contribution in [3.63, 3.8) is 0 Å². The van der Waals surface area contributed by atoms with Gasteiger partial charge in [0.1, 0.15) is 0 Å². The minimum Gasteiger partial charge on any atom is -0.454 e. The molecule has 1 aliphatic rings. The van der Waals surface area contributed by atoms with E-state index in [-0.39, 0.29) is 12.8 Å². The Morgan fingerprint density at radius 2 is 2.04 bits per heavy atom. The quantitative estimate of drug-likeness (QED) is 0.698. The second-order valence-corrected chi connectivity index (χ2v) is 6.61. The summed E-state index contributed by atoms with van der Waals surface area (Å²) in [6, 6.07) is 8.54. The number of aromatic nitrogens is 1. The molecule has 2 N–H and O–H groups in total. The van der Waals surface area contributed by atoms with Gasteiger partial charge >= 0.3 is 6.03 Å². The zero-order chi connectivity index (χ0) is 16.7. The number of hydrogen-bond acceptors (Lipinski definition) is 5. The molecule has 0 saturated heterocycles. The van der Waals surface area contributed by atoms with Crippen LogP contribution in [0.4, 0.5) is 15.6 Å². The first-order valence-corrected chi connectivity index (χ1v) is 8.33. The van der Waals surface area contributed by atoms with Gasteiger partial charge < -0.3 is 14.8 Å². The summed E-state index contributed by atoms with van der Waals surface area (Å²) >= 11 is 7.52. The van der Waals surface area contributed by atoms with E-state index in [4.69, 9.17) is 21.1 Å². The van der Waals surface area contributed by atoms with Crippen molar-refractivity contribution in [2.24, 2.45) is 0 Å². The number of halogens is 1. The highest BCUT2D eigenvalue weighted by atomic mass is 35.5. The summed E-state index contributed by atoms with van der Waals surface area (Å²) < 4.78 is 11.4. The molecule has 2 aromatic carbocycles. The molecule has 6 nitrogen and oxygen atoms in total. The standard InChI is InChI=1S/C16H12ClN3O3S/c1-8-2-4-10(17)14-13(8)19-16(24-14)20-15(21)18-9-3-5-11-12(6-9)23-7-22-11/h2-6H,7H2,1H3,(H2,18,19,20,21). The number of hydrogen-bond donors (Lipinski definition) is 2. The van der Waals surface area contributed by atoms with Crippen LogP contribution < -0.4 is 20.1 Å². The number of fused-ring (bicyclic) bond motifs is 2. The maximum absolute atomic E-state index is 12.2. The number of ether oxygens (including phenoxy) is 2. The lowest BCUT2D eigenvalue weighted by Crippen LogP contribution is -2.19. The van der Waals surface area contributed by atoms with Crippen LogP contribution in [0.1, 0.15) is 5.56 Å². The largest absolute Gasteiger partial charge is 0.454 e. The highest BCUT2D eigenvalue weighted by Crippen LogP contribution is 2.35. The van der Waals surface area contributed by atoms with Crippen LogP contribution in [-0.2, 0) is 0 Å². The molecule has 0 bridgehead atoms. The number of carbonyl (C=O) groups excluding carboxylic acids is 1. The Morgan fingerprint density at radius 3 is 2.88 bits per heavy atom. The van der Waals surface area contributed by atoms with Crippen LogP contribution in [0.25, 0.3) is 10.2 Å². The van der Waals surface area contributed by atoms with Gasteiger partial charge in [0.2, 0.25) is 6.79 Å². The normalized spacial score (nSPS) is 12.4. The maximum Gasteiger partial charge on any atom is 0.325 e. The lowest BCUT2D eigenvalue weighted by molar-refractivity contribution is 0.174. The maximum atomic E-state index is 12.2. The Hall–Kier alpha value is -2.51. The third kappa shape index (κ3) is 2.72. The highest BCUT2D eigenvalue weighted by Gasteiger charge is 2.15. The number of aryl methyl sites for hydroxylation is 1. The summed E-state index contributed by atoms with van der Waals surface area (Å²) in [4.78, 5) is 16.6. The number of amides is 2. The summed E-state index contributed by atoms with van der Waals surface area (Å²) in [6.07, 6.45) is 0. The highest BCUT2D eigenvalue weighted by molar-refractivity contribution is 7.23. The number of thiazole rings is 1. The first kappa shape index (κ1) is 15.0. The van der Waals surface area contributed by atoms with E-state index in [2.05, 4.69) is 15.6 Å². The first-order chi connectivity index (χ1) is 11.6.